The van der Waals surface area contributed by atoms with Gasteiger partial charge in [-0.05, 0) is 42.2 Å². The Morgan fingerprint density at radius 2 is 1.71 bits per heavy atom. The van der Waals surface area contributed by atoms with Gasteiger partial charge in [0.1, 0.15) is 33.7 Å². The van der Waals surface area contributed by atoms with Crippen molar-refractivity contribution >= 4 is 38.4 Å². The number of hydrogen-bond donors (Lipinski definition) is 3. The van der Waals surface area contributed by atoms with E-state index in [4.69, 9.17) is 30.8 Å². The number of rotatable bonds is 7. The molecule has 0 spiro atoms. The largest absolute Gasteiger partial charge is 0.456 e. The average molecular weight is 596 g/mol. The van der Waals surface area contributed by atoms with Crippen molar-refractivity contribution in [3.05, 3.63) is 59.6 Å². The number of aliphatic hydroxyl groups is 1. The molecule has 10 nitrogen and oxygen atoms in total. The number of aliphatic hydroxyl groups excluding tert-OH is 1. The maximum atomic E-state index is 12.8. The number of fused-ring (bicyclic) bond motifs is 2. The number of ether oxygens (including phenoxy) is 3. The van der Waals surface area contributed by atoms with Crippen molar-refractivity contribution < 1.29 is 23.5 Å². The molecule has 12 heteroatoms. The monoisotopic (exact) mass is 595 g/mol. The predicted molar refractivity (Wildman–Crippen MR) is 157 cm³/mol. The van der Waals surface area contributed by atoms with E-state index < -0.39 is 16.0 Å². The third-order valence-electron chi connectivity index (χ3n) is 7.78. The van der Waals surface area contributed by atoms with E-state index in [1.807, 2.05) is 48.5 Å². The number of H-pyrrole nitrogens is 1. The molecule has 2 aromatic carbocycles. The normalized spacial score (nSPS) is 25.5. The lowest BCUT2D eigenvalue weighted by Crippen LogP contribution is -2.38. The molecular weight excluding hydrogens is 566 g/mol. The van der Waals surface area contributed by atoms with Gasteiger partial charge < -0.3 is 19.3 Å². The van der Waals surface area contributed by atoms with Crippen molar-refractivity contribution in [1.29, 1.82) is 0 Å². The number of aromatic nitrogens is 3. The van der Waals surface area contributed by atoms with Crippen LogP contribution in [0.3, 0.4) is 0 Å². The number of halogens is 1. The van der Waals surface area contributed by atoms with Crippen molar-refractivity contribution in [1.82, 2.24) is 19.7 Å². The number of aromatic amines is 1. The minimum Gasteiger partial charge on any atom is -0.456 e. The topological polar surface area (TPSA) is 131 Å². The number of hydrogen-bond acceptors (Lipinski definition) is 8. The van der Waals surface area contributed by atoms with Gasteiger partial charge in [-0.3, -0.25) is 4.98 Å². The quantitative estimate of drug-likeness (QED) is 0.284. The molecule has 3 fully saturated rings. The Balaban J connectivity index is 1.07. The van der Waals surface area contributed by atoms with Gasteiger partial charge in [-0.2, -0.15) is 9.35 Å². The zero-order chi connectivity index (χ0) is 28.1. The maximum absolute atomic E-state index is 12.8. The van der Waals surface area contributed by atoms with Gasteiger partial charge >= 0.3 is 0 Å². The second-order valence-electron chi connectivity index (χ2n) is 10.8. The molecule has 5 atom stereocenters. The van der Waals surface area contributed by atoms with Crippen molar-refractivity contribution in [3.63, 3.8) is 0 Å². The molecular formula is C29H30ClN5O5S. The fourth-order valence-corrected chi connectivity index (χ4v) is 7.13. The van der Waals surface area contributed by atoms with Crippen LogP contribution in [-0.2, 0) is 19.4 Å². The van der Waals surface area contributed by atoms with Crippen LogP contribution >= 0.6 is 11.6 Å². The summed E-state index contributed by atoms with van der Waals surface area (Å²) < 4.78 is 37.7. The molecule has 0 amide bonds. The van der Waals surface area contributed by atoms with Crippen molar-refractivity contribution in [3.8, 4) is 28.4 Å². The molecule has 2 aromatic heterocycles. The van der Waals surface area contributed by atoms with E-state index in [1.165, 1.54) is 6.42 Å². The zero-order valence-electron chi connectivity index (χ0n) is 22.3. The van der Waals surface area contributed by atoms with Crippen LogP contribution in [0, 0.1) is 0 Å². The van der Waals surface area contributed by atoms with Crippen LogP contribution in [0.25, 0.3) is 33.5 Å². The van der Waals surface area contributed by atoms with E-state index in [0.717, 1.165) is 29.5 Å². The molecule has 3 aliphatic rings. The summed E-state index contributed by atoms with van der Waals surface area (Å²) in [6.45, 7) is 0.541. The average Bonchev–Trinajstić information content (AvgIpc) is 3.63. The highest BCUT2D eigenvalue weighted by Gasteiger charge is 2.48. The number of imidazole rings is 1. The molecule has 1 unspecified atom stereocenters. The van der Waals surface area contributed by atoms with Crippen molar-refractivity contribution in [2.24, 2.45) is 4.36 Å². The SMILES string of the molecule is CS(=O)(=Nc1ccc(-c2ccc(-c3nc4[nH]c(O[C@@H]5CO[C@H]6[C@@H]5OC[C@H]6O)nc4cc3Cl)cc2)cc1)NC1CCC1. The van der Waals surface area contributed by atoms with Gasteiger partial charge in [-0.1, -0.05) is 54.4 Å². The Kier molecular flexibility index (Phi) is 6.96. The first kappa shape index (κ1) is 26.8. The Labute approximate surface area is 242 Å². The van der Waals surface area contributed by atoms with Crippen LogP contribution in [0.1, 0.15) is 19.3 Å². The van der Waals surface area contributed by atoms with Gasteiger partial charge in [0.15, 0.2) is 11.8 Å². The van der Waals surface area contributed by atoms with E-state index in [2.05, 4.69) is 19.1 Å². The van der Waals surface area contributed by atoms with E-state index in [0.29, 0.717) is 46.2 Å². The van der Waals surface area contributed by atoms with Crippen LogP contribution in [0.5, 0.6) is 6.01 Å². The van der Waals surface area contributed by atoms with Crippen LogP contribution in [0.4, 0.5) is 5.69 Å². The molecule has 2 aliphatic heterocycles. The fourth-order valence-electron chi connectivity index (χ4n) is 5.44. The Morgan fingerprint density at radius 3 is 2.41 bits per heavy atom. The summed E-state index contributed by atoms with van der Waals surface area (Å²) in [6, 6.07) is 18.1. The van der Waals surface area contributed by atoms with E-state index >= 15 is 0 Å². The number of nitrogens with zero attached hydrogens (tertiary/aromatic N) is 3. The van der Waals surface area contributed by atoms with Crippen LogP contribution in [-0.4, -0.2) is 74.2 Å². The molecule has 1 aliphatic carbocycles. The van der Waals surface area contributed by atoms with Gasteiger partial charge in [0.05, 0.1) is 29.6 Å². The first-order chi connectivity index (χ1) is 19.8. The number of pyridine rings is 1. The molecule has 4 aromatic rings. The smallest absolute Gasteiger partial charge is 0.296 e. The van der Waals surface area contributed by atoms with E-state index in [9.17, 15) is 9.32 Å². The third kappa shape index (κ3) is 5.45. The lowest BCUT2D eigenvalue weighted by atomic mass is 9.94. The molecule has 41 heavy (non-hydrogen) atoms. The second-order valence-corrected chi connectivity index (χ2v) is 13.2. The van der Waals surface area contributed by atoms with Gasteiger partial charge in [-0.25, -0.2) is 13.9 Å². The molecule has 0 bridgehead atoms. The van der Waals surface area contributed by atoms with Gasteiger partial charge in [0.2, 0.25) is 0 Å². The summed E-state index contributed by atoms with van der Waals surface area (Å²) >= 11 is 6.61. The highest BCUT2D eigenvalue weighted by Crippen LogP contribution is 2.33. The molecule has 2 saturated heterocycles. The molecule has 0 radical (unpaired) electrons. The van der Waals surface area contributed by atoms with Gasteiger partial charge in [-0.15, -0.1) is 0 Å². The molecule has 4 heterocycles. The highest BCUT2D eigenvalue weighted by atomic mass is 35.5. The second kappa shape index (κ2) is 10.6. The summed E-state index contributed by atoms with van der Waals surface area (Å²) in [5.74, 6) is 0. The molecule has 3 N–H and O–H groups in total. The van der Waals surface area contributed by atoms with Gasteiger partial charge in [0.25, 0.3) is 6.01 Å². The van der Waals surface area contributed by atoms with Crippen LogP contribution in [0.2, 0.25) is 5.02 Å². The molecule has 214 valence electrons. The first-order valence-electron chi connectivity index (χ1n) is 13.7. The summed E-state index contributed by atoms with van der Waals surface area (Å²) in [4.78, 5) is 12.3. The fraction of sp³-hybridized carbons (Fsp3) is 0.379. The number of nitrogens with one attached hydrogen (secondary N) is 2. The summed E-state index contributed by atoms with van der Waals surface area (Å²) in [6.07, 6.45) is 3.20. The number of benzene rings is 2. The summed E-state index contributed by atoms with van der Waals surface area (Å²) in [7, 11) is -2.47. The predicted octanol–water partition coefficient (Wildman–Crippen LogP) is 4.64. The first-order valence-corrected chi connectivity index (χ1v) is 16.0. The molecule has 1 saturated carbocycles. The maximum Gasteiger partial charge on any atom is 0.296 e. The minimum absolute atomic E-state index is 0.232. The molecule has 7 rings (SSSR count). The van der Waals surface area contributed by atoms with Crippen LogP contribution in [0.15, 0.2) is 59.0 Å². The Hall–Kier alpha value is -3.06. The van der Waals surface area contributed by atoms with E-state index in [-0.39, 0.29) is 24.9 Å². The van der Waals surface area contributed by atoms with Crippen molar-refractivity contribution in [2.45, 2.75) is 49.7 Å². The van der Waals surface area contributed by atoms with Crippen LogP contribution < -0.4 is 9.46 Å². The van der Waals surface area contributed by atoms with E-state index in [1.54, 1.807) is 12.3 Å². The van der Waals surface area contributed by atoms with Crippen molar-refractivity contribution in [2.75, 3.05) is 19.5 Å². The summed E-state index contributed by atoms with van der Waals surface area (Å²) in [5.41, 5.74) is 5.34. The Morgan fingerprint density at radius 1 is 1.02 bits per heavy atom. The standard InChI is InChI=1S/C29H30ClN5O5S/c1-41(37,34-19-3-2-4-19)35-20-11-9-17(10-12-20)16-5-7-18(8-6-16)25-21(30)13-22-28(32-25)33-29(31-22)40-24-15-39-26-23(36)14-38-27(24)26/h5-13,19,23-24,26-27,36H,2-4,14-15H2,1H3,(H,31,32,33)(H,34,35,37)/t23-,24-,26-,27-,41?/m1/s1. The van der Waals surface area contributed by atoms with Gasteiger partial charge in [0, 0.05) is 17.9 Å². The minimum atomic E-state index is -2.47. The lowest BCUT2D eigenvalue weighted by Gasteiger charge is -2.26. The highest BCUT2D eigenvalue weighted by molar-refractivity contribution is 7.91. The third-order valence-corrected chi connectivity index (χ3v) is 9.40. The lowest BCUT2D eigenvalue weighted by molar-refractivity contribution is 0.00706. The Bertz CT molecular complexity index is 1700. The zero-order valence-corrected chi connectivity index (χ0v) is 23.9. The summed E-state index contributed by atoms with van der Waals surface area (Å²) in [5, 5.41) is 10.4.